The maximum Gasteiger partial charge on any atom is 0.402 e. The first-order valence-electron chi connectivity index (χ1n) is 7.33. The number of rotatable bonds is 5. The lowest BCUT2D eigenvalue weighted by molar-refractivity contribution is 0.00578. The van der Waals surface area contributed by atoms with E-state index in [1.807, 2.05) is 0 Å². The molecule has 0 saturated carbocycles. The fraction of sp³-hybridized carbons (Fsp3) is 1.00. The van der Waals surface area contributed by atoms with Gasteiger partial charge in [-0.15, -0.1) is 0 Å². The first kappa shape index (κ1) is 17.8. The SMILES string of the molecule is CC(C)(I)C(C)(C)CCBB1OC(C)(C)C(C)(C)O1. The first-order valence-corrected chi connectivity index (χ1v) is 8.41. The van der Waals surface area contributed by atoms with Gasteiger partial charge in [0, 0.05) is 3.42 Å². The molecule has 110 valence electrons. The maximum atomic E-state index is 6.04. The van der Waals surface area contributed by atoms with Crippen molar-refractivity contribution in [3.63, 3.8) is 0 Å². The lowest BCUT2D eigenvalue weighted by Gasteiger charge is -2.37. The van der Waals surface area contributed by atoms with Gasteiger partial charge in [0.05, 0.1) is 11.2 Å². The molecule has 1 saturated heterocycles. The smallest absolute Gasteiger partial charge is 0.402 e. The van der Waals surface area contributed by atoms with Gasteiger partial charge < -0.3 is 9.31 Å². The van der Waals surface area contributed by atoms with Crippen molar-refractivity contribution in [1.82, 2.24) is 0 Å². The van der Waals surface area contributed by atoms with Gasteiger partial charge in [-0.1, -0.05) is 63.0 Å². The third kappa shape index (κ3) is 4.13. The molecular weight excluding hydrogens is 349 g/mol. The van der Waals surface area contributed by atoms with Gasteiger partial charge in [-0.05, 0) is 33.1 Å². The van der Waals surface area contributed by atoms with Crippen molar-refractivity contribution in [3.8, 4) is 0 Å². The predicted molar refractivity (Wildman–Crippen MR) is 94.5 cm³/mol. The molecule has 0 radical (unpaired) electrons. The molecule has 1 rings (SSSR count). The highest BCUT2D eigenvalue weighted by atomic mass is 127. The Morgan fingerprint density at radius 3 is 1.79 bits per heavy atom. The summed E-state index contributed by atoms with van der Waals surface area (Å²) in [5, 5.41) is 0. The second kappa shape index (κ2) is 5.53. The Kier molecular flexibility index (Phi) is 5.18. The van der Waals surface area contributed by atoms with Crippen LogP contribution in [-0.2, 0) is 9.31 Å². The Morgan fingerprint density at radius 2 is 1.42 bits per heavy atom. The molecule has 0 aromatic rings. The molecule has 0 amide bonds. The normalized spacial score (nSPS) is 22.7. The third-order valence-electron chi connectivity index (χ3n) is 5.15. The predicted octanol–water partition coefficient (Wildman–Crippen LogP) is 4.06. The molecular formula is C14H29B2IO2. The van der Waals surface area contributed by atoms with Gasteiger partial charge in [0.25, 0.3) is 0 Å². The zero-order valence-electron chi connectivity index (χ0n) is 13.9. The molecule has 0 atom stereocenters. The molecule has 1 heterocycles. The standard InChI is InChI=1S/C14H29B2IO2/c1-11(2,12(3,4)17)9-10-15-16-18-13(5,6)14(7,8)19-16/h15H,9-10H2,1-8H3. The summed E-state index contributed by atoms with van der Waals surface area (Å²) in [6, 6.07) is 0. The lowest BCUT2D eigenvalue weighted by atomic mass is 9.41. The van der Waals surface area contributed by atoms with Crippen molar-refractivity contribution in [2.24, 2.45) is 5.41 Å². The molecule has 0 spiro atoms. The van der Waals surface area contributed by atoms with E-state index in [0.29, 0.717) is 8.84 Å². The molecule has 0 aromatic carbocycles. The quantitative estimate of drug-likeness (QED) is 0.408. The summed E-state index contributed by atoms with van der Waals surface area (Å²) in [6.07, 6.45) is 2.35. The van der Waals surface area contributed by atoms with E-state index in [0.717, 1.165) is 13.5 Å². The van der Waals surface area contributed by atoms with Crippen molar-refractivity contribution >= 4 is 36.8 Å². The number of halogens is 1. The van der Waals surface area contributed by atoms with Crippen LogP contribution in [0.25, 0.3) is 0 Å². The fourth-order valence-corrected chi connectivity index (χ4v) is 2.36. The summed E-state index contributed by atoms with van der Waals surface area (Å²) in [5.41, 5.74) is -0.0668. The van der Waals surface area contributed by atoms with Crippen molar-refractivity contribution < 1.29 is 9.31 Å². The summed E-state index contributed by atoms with van der Waals surface area (Å²) in [5.74, 6) is 0. The van der Waals surface area contributed by atoms with Crippen LogP contribution in [0.5, 0.6) is 0 Å². The largest absolute Gasteiger partial charge is 0.410 e. The van der Waals surface area contributed by atoms with E-state index >= 15 is 0 Å². The van der Waals surface area contributed by atoms with Crippen LogP contribution in [0.15, 0.2) is 0 Å². The van der Waals surface area contributed by atoms with Gasteiger partial charge in [0.1, 0.15) is 0 Å². The van der Waals surface area contributed by atoms with Gasteiger partial charge in [-0.3, -0.25) is 0 Å². The van der Waals surface area contributed by atoms with Crippen LogP contribution in [0.2, 0.25) is 6.32 Å². The lowest BCUT2D eigenvalue weighted by Crippen LogP contribution is -2.41. The minimum Gasteiger partial charge on any atom is -0.410 e. The molecule has 0 unspecified atom stereocenters. The zero-order valence-corrected chi connectivity index (χ0v) is 16.1. The van der Waals surface area contributed by atoms with E-state index in [4.69, 9.17) is 9.31 Å². The number of alkyl halides is 1. The van der Waals surface area contributed by atoms with Gasteiger partial charge in [-0.2, -0.15) is 0 Å². The van der Waals surface area contributed by atoms with Crippen LogP contribution in [0, 0.1) is 5.41 Å². The number of hydrogen-bond donors (Lipinski definition) is 0. The monoisotopic (exact) mass is 378 g/mol. The Hall–Kier alpha value is 0.780. The van der Waals surface area contributed by atoms with Crippen LogP contribution in [0.3, 0.4) is 0 Å². The summed E-state index contributed by atoms with van der Waals surface area (Å²) >= 11 is 2.56. The minimum absolute atomic E-state index is 0.0434. The molecule has 0 aliphatic carbocycles. The Bertz CT molecular complexity index is 306. The van der Waals surface area contributed by atoms with E-state index in [2.05, 4.69) is 78.0 Å². The zero-order chi connectivity index (χ0) is 15.1. The van der Waals surface area contributed by atoms with Gasteiger partial charge in [-0.25, -0.2) is 0 Å². The minimum atomic E-state index is -0.199. The fourth-order valence-electron chi connectivity index (χ4n) is 2.09. The Morgan fingerprint density at radius 1 is 1.00 bits per heavy atom. The van der Waals surface area contributed by atoms with Gasteiger partial charge in [0.2, 0.25) is 0 Å². The van der Waals surface area contributed by atoms with E-state index in [-0.39, 0.29) is 18.2 Å². The molecule has 19 heavy (non-hydrogen) atoms. The van der Waals surface area contributed by atoms with Crippen molar-refractivity contribution in [1.29, 1.82) is 0 Å². The van der Waals surface area contributed by atoms with Crippen LogP contribution in [-0.4, -0.2) is 28.8 Å². The third-order valence-corrected chi connectivity index (χ3v) is 6.61. The highest BCUT2D eigenvalue weighted by Crippen LogP contribution is 2.42. The van der Waals surface area contributed by atoms with Crippen molar-refractivity contribution in [2.75, 3.05) is 0 Å². The maximum absolute atomic E-state index is 6.04. The molecule has 1 aliphatic heterocycles. The van der Waals surface area contributed by atoms with Gasteiger partial charge in [0.15, 0.2) is 7.17 Å². The van der Waals surface area contributed by atoms with Crippen molar-refractivity contribution in [3.05, 3.63) is 0 Å². The summed E-state index contributed by atoms with van der Waals surface area (Å²) in [7, 11) is 0.946. The van der Waals surface area contributed by atoms with E-state index < -0.39 is 0 Å². The molecule has 1 fully saturated rings. The second-order valence-corrected chi connectivity index (χ2v) is 10.6. The first-order chi connectivity index (χ1) is 8.29. The van der Waals surface area contributed by atoms with Crippen LogP contribution in [0.1, 0.15) is 61.8 Å². The highest BCUT2D eigenvalue weighted by Gasteiger charge is 2.50. The van der Waals surface area contributed by atoms with E-state index in [1.54, 1.807) is 0 Å². The second-order valence-electron chi connectivity index (χ2n) is 7.93. The van der Waals surface area contributed by atoms with E-state index in [9.17, 15) is 0 Å². The average Bonchev–Trinajstić information content (AvgIpc) is 2.32. The molecule has 1 aliphatic rings. The van der Waals surface area contributed by atoms with Crippen LogP contribution in [0.4, 0.5) is 0 Å². The number of hydrogen-bond acceptors (Lipinski definition) is 2. The molecule has 0 N–H and O–H groups in total. The summed E-state index contributed by atoms with van der Waals surface area (Å²) in [6.45, 7) is 17.8. The Balaban J connectivity index is 2.45. The van der Waals surface area contributed by atoms with Crippen LogP contribution < -0.4 is 0 Å². The summed E-state index contributed by atoms with van der Waals surface area (Å²) in [4.78, 5) is 0. The molecule has 0 bridgehead atoms. The highest BCUT2D eigenvalue weighted by molar-refractivity contribution is 14.1. The summed E-state index contributed by atoms with van der Waals surface area (Å²) < 4.78 is 12.4. The van der Waals surface area contributed by atoms with Crippen molar-refractivity contribution in [2.45, 2.75) is 82.8 Å². The molecule has 5 heteroatoms. The Labute approximate surface area is 134 Å². The average molecular weight is 378 g/mol. The van der Waals surface area contributed by atoms with Crippen LogP contribution >= 0.6 is 22.6 Å². The molecule has 0 aromatic heterocycles. The molecule has 2 nitrogen and oxygen atoms in total. The van der Waals surface area contributed by atoms with E-state index in [1.165, 1.54) is 6.42 Å². The van der Waals surface area contributed by atoms with Gasteiger partial charge >= 0.3 is 7.01 Å². The topological polar surface area (TPSA) is 18.5 Å².